The van der Waals surface area contributed by atoms with Crippen LogP contribution in [0.5, 0.6) is 0 Å². The molecule has 6 rings (SSSR count). The van der Waals surface area contributed by atoms with E-state index in [2.05, 4.69) is 138 Å². The maximum absolute atomic E-state index is 2.52. The summed E-state index contributed by atoms with van der Waals surface area (Å²) in [6.45, 7) is 16.5. The lowest BCUT2D eigenvalue weighted by atomic mass is 9.78. The average Bonchev–Trinajstić information content (AvgIpc) is 3.28. The highest BCUT2D eigenvalue weighted by Crippen LogP contribution is 2.49. The Bertz CT molecular complexity index is 1650. The van der Waals surface area contributed by atoms with Gasteiger partial charge in [-0.05, 0) is 84.5 Å². The Balaban J connectivity index is 1.34. The van der Waals surface area contributed by atoms with Crippen LogP contribution in [0.3, 0.4) is 0 Å². The van der Waals surface area contributed by atoms with Crippen molar-refractivity contribution in [2.75, 3.05) is 0 Å². The third kappa shape index (κ3) is 3.91. The van der Waals surface area contributed by atoms with Crippen molar-refractivity contribution in [3.8, 4) is 11.1 Å². The minimum atomic E-state index is 0.0178. The molecule has 4 aromatic carbocycles. The van der Waals surface area contributed by atoms with Crippen molar-refractivity contribution in [3.63, 3.8) is 0 Å². The van der Waals surface area contributed by atoms with Crippen molar-refractivity contribution in [2.45, 2.75) is 72.3 Å². The van der Waals surface area contributed by atoms with Crippen LogP contribution in [0, 0.1) is 5.41 Å². The zero-order chi connectivity index (χ0) is 26.2. The first-order chi connectivity index (χ1) is 17.5. The van der Waals surface area contributed by atoms with E-state index in [0.717, 1.165) is 12.8 Å². The lowest BCUT2D eigenvalue weighted by Crippen LogP contribution is -2.21. The van der Waals surface area contributed by atoms with E-state index in [0.29, 0.717) is 0 Å². The van der Waals surface area contributed by atoms with Crippen molar-refractivity contribution in [1.82, 2.24) is 4.57 Å². The largest absolute Gasteiger partial charge is 0.335 e. The van der Waals surface area contributed by atoms with Crippen LogP contribution in [0.25, 0.3) is 32.9 Å². The molecule has 0 radical (unpaired) electrons. The molecule has 0 unspecified atom stereocenters. The third-order valence-corrected chi connectivity index (χ3v) is 8.42. The van der Waals surface area contributed by atoms with Gasteiger partial charge in [0.2, 0.25) is 0 Å². The smallest absolute Gasteiger partial charge is 0.0499 e. The SMILES string of the molecule is CC(C)(Cc1ccc2c(c1)-c1ccccc1C2(C)C)Cc1ccc2c3ccccc3n(C(C)(C)C)c2c1. The monoisotopic (exact) mass is 485 g/mol. The lowest BCUT2D eigenvalue weighted by Gasteiger charge is -2.27. The molecular formula is C36H39N. The number of para-hydroxylation sites is 1. The molecule has 1 nitrogen and oxygen atoms in total. The van der Waals surface area contributed by atoms with Gasteiger partial charge in [0.05, 0.1) is 0 Å². The molecule has 0 amide bonds. The molecule has 1 heterocycles. The second-order valence-electron chi connectivity index (χ2n) is 13.4. The Hall–Kier alpha value is -3.32. The lowest BCUT2D eigenvalue weighted by molar-refractivity contribution is 0.361. The highest BCUT2D eigenvalue weighted by molar-refractivity contribution is 6.08. The number of benzene rings is 4. The fourth-order valence-corrected chi connectivity index (χ4v) is 6.89. The van der Waals surface area contributed by atoms with E-state index >= 15 is 0 Å². The number of hydrogen-bond donors (Lipinski definition) is 0. The van der Waals surface area contributed by atoms with Gasteiger partial charge >= 0.3 is 0 Å². The molecule has 0 saturated heterocycles. The van der Waals surface area contributed by atoms with Crippen molar-refractivity contribution in [2.24, 2.45) is 5.41 Å². The molecule has 5 aromatic rings. The first kappa shape index (κ1) is 24.0. The first-order valence-electron chi connectivity index (χ1n) is 13.7. The molecule has 0 saturated carbocycles. The highest BCUT2D eigenvalue weighted by Gasteiger charge is 2.35. The molecule has 0 spiro atoms. The van der Waals surface area contributed by atoms with Gasteiger partial charge in [0.15, 0.2) is 0 Å². The van der Waals surface area contributed by atoms with E-state index in [4.69, 9.17) is 0 Å². The van der Waals surface area contributed by atoms with E-state index in [1.165, 1.54) is 55.2 Å². The molecular weight excluding hydrogens is 446 g/mol. The first-order valence-corrected chi connectivity index (χ1v) is 13.7. The van der Waals surface area contributed by atoms with Crippen LogP contribution >= 0.6 is 0 Å². The summed E-state index contributed by atoms with van der Waals surface area (Å²) in [7, 11) is 0. The average molecular weight is 486 g/mol. The van der Waals surface area contributed by atoms with Crippen LogP contribution in [0.1, 0.15) is 70.7 Å². The fraction of sp³-hybridized carbons (Fsp3) is 0.333. The minimum absolute atomic E-state index is 0.0178. The van der Waals surface area contributed by atoms with E-state index in [1.807, 2.05) is 0 Å². The van der Waals surface area contributed by atoms with E-state index in [9.17, 15) is 0 Å². The van der Waals surface area contributed by atoms with Gasteiger partial charge < -0.3 is 4.57 Å². The van der Waals surface area contributed by atoms with Gasteiger partial charge in [-0.3, -0.25) is 0 Å². The molecule has 0 atom stereocenters. The summed E-state index contributed by atoms with van der Waals surface area (Å²) >= 11 is 0. The van der Waals surface area contributed by atoms with E-state index < -0.39 is 0 Å². The molecule has 0 bridgehead atoms. The number of hydrogen-bond acceptors (Lipinski definition) is 0. The zero-order valence-corrected chi connectivity index (χ0v) is 23.4. The molecule has 0 fully saturated rings. The number of rotatable bonds is 4. The van der Waals surface area contributed by atoms with Gasteiger partial charge in [0, 0.05) is 32.8 Å². The molecule has 1 aliphatic carbocycles. The number of aromatic nitrogens is 1. The second-order valence-corrected chi connectivity index (χ2v) is 13.4. The summed E-state index contributed by atoms with van der Waals surface area (Å²) < 4.78 is 2.52. The third-order valence-electron chi connectivity index (χ3n) is 8.42. The molecule has 0 aliphatic heterocycles. The topological polar surface area (TPSA) is 4.93 Å². The van der Waals surface area contributed by atoms with Crippen molar-refractivity contribution < 1.29 is 0 Å². The quantitative estimate of drug-likeness (QED) is 0.239. The summed E-state index contributed by atoms with van der Waals surface area (Å²) in [6, 6.07) is 32.1. The molecule has 1 aromatic heterocycles. The molecule has 1 aliphatic rings. The van der Waals surface area contributed by atoms with Crippen LogP contribution in [-0.4, -0.2) is 4.57 Å². The molecule has 1 heteroatoms. The van der Waals surface area contributed by atoms with E-state index in [1.54, 1.807) is 0 Å². The second kappa shape index (κ2) is 8.09. The number of fused-ring (bicyclic) bond motifs is 6. The maximum atomic E-state index is 2.52. The predicted molar refractivity (Wildman–Crippen MR) is 160 cm³/mol. The summed E-state index contributed by atoms with van der Waals surface area (Å²) in [6.07, 6.45) is 2.11. The van der Waals surface area contributed by atoms with Gasteiger partial charge in [-0.2, -0.15) is 0 Å². The van der Waals surface area contributed by atoms with Gasteiger partial charge in [-0.25, -0.2) is 0 Å². The minimum Gasteiger partial charge on any atom is -0.335 e. The Kier molecular flexibility index (Phi) is 5.26. The summed E-state index contributed by atoms with van der Waals surface area (Å²) in [5.74, 6) is 0. The molecule has 37 heavy (non-hydrogen) atoms. The maximum Gasteiger partial charge on any atom is 0.0499 e. The van der Waals surface area contributed by atoms with Crippen molar-refractivity contribution in [3.05, 3.63) is 107 Å². The van der Waals surface area contributed by atoms with Gasteiger partial charge in [0.25, 0.3) is 0 Å². The Labute approximate surface area is 222 Å². The molecule has 0 N–H and O–H groups in total. The van der Waals surface area contributed by atoms with Crippen molar-refractivity contribution >= 4 is 21.8 Å². The summed E-state index contributed by atoms with van der Waals surface area (Å²) in [4.78, 5) is 0. The van der Waals surface area contributed by atoms with Crippen LogP contribution in [0.2, 0.25) is 0 Å². The van der Waals surface area contributed by atoms with Crippen LogP contribution in [0.15, 0.2) is 84.9 Å². The number of nitrogens with zero attached hydrogens (tertiary/aromatic N) is 1. The zero-order valence-electron chi connectivity index (χ0n) is 23.4. The Morgan fingerprint density at radius 2 is 1.19 bits per heavy atom. The van der Waals surface area contributed by atoms with Gasteiger partial charge in [-0.15, -0.1) is 0 Å². The van der Waals surface area contributed by atoms with Crippen LogP contribution in [-0.2, 0) is 23.8 Å². The molecule has 188 valence electrons. The van der Waals surface area contributed by atoms with Crippen LogP contribution < -0.4 is 0 Å². The Morgan fingerprint density at radius 1 is 0.595 bits per heavy atom. The van der Waals surface area contributed by atoms with Gasteiger partial charge in [0.1, 0.15) is 0 Å². The normalized spacial score (nSPS) is 14.8. The van der Waals surface area contributed by atoms with Crippen LogP contribution in [0.4, 0.5) is 0 Å². The van der Waals surface area contributed by atoms with Crippen molar-refractivity contribution in [1.29, 1.82) is 0 Å². The Morgan fingerprint density at radius 3 is 1.95 bits per heavy atom. The highest BCUT2D eigenvalue weighted by atomic mass is 15.0. The summed E-state index contributed by atoms with van der Waals surface area (Å²) in [5.41, 5.74) is 11.5. The van der Waals surface area contributed by atoms with E-state index in [-0.39, 0.29) is 16.4 Å². The summed E-state index contributed by atoms with van der Waals surface area (Å²) in [5, 5.41) is 2.70. The fourth-order valence-electron chi connectivity index (χ4n) is 6.89. The standard InChI is InChI=1S/C36H39N/c1-34(2,3)37-32-15-11-9-13-27(32)28-18-16-25(21-33(28)37)23-35(4,5)22-24-17-19-31-29(20-24)26-12-8-10-14-30(26)36(31,6)7/h8-21H,22-23H2,1-7H3. The predicted octanol–water partition coefficient (Wildman–Crippen LogP) is 9.67. The van der Waals surface area contributed by atoms with Gasteiger partial charge in [-0.1, -0.05) is 100 Å².